The van der Waals surface area contributed by atoms with Gasteiger partial charge in [0.25, 0.3) is 0 Å². The molecule has 0 saturated carbocycles. The van der Waals surface area contributed by atoms with Crippen molar-refractivity contribution in [2.24, 2.45) is 0 Å². The smallest absolute Gasteiger partial charge is 0.175 e. The molecule has 2 rings (SSSR count). The summed E-state index contributed by atoms with van der Waals surface area (Å²) in [5, 5.41) is 8.77. The summed E-state index contributed by atoms with van der Waals surface area (Å²) in [7, 11) is -3.25. The number of sulfone groups is 1. The summed E-state index contributed by atoms with van der Waals surface area (Å²) in [5.41, 5.74) is 7.00. The van der Waals surface area contributed by atoms with Gasteiger partial charge in [0.2, 0.25) is 0 Å². The molecule has 2 aromatic rings. The summed E-state index contributed by atoms with van der Waals surface area (Å²) < 4.78 is 22.8. The highest BCUT2D eigenvalue weighted by Gasteiger charge is 2.11. The number of hydrogen-bond donors (Lipinski definition) is 1. The highest BCUT2D eigenvalue weighted by atomic mass is 32.2. The van der Waals surface area contributed by atoms with Gasteiger partial charge in [-0.3, -0.25) is 0 Å². The summed E-state index contributed by atoms with van der Waals surface area (Å²) in [6.45, 7) is 0. The summed E-state index contributed by atoms with van der Waals surface area (Å²) in [4.78, 5) is 1.64. The van der Waals surface area contributed by atoms with Gasteiger partial charge in [0.1, 0.15) is 10.9 Å². The lowest BCUT2D eigenvalue weighted by atomic mass is 10.1. The van der Waals surface area contributed by atoms with Crippen molar-refractivity contribution in [1.82, 2.24) is 0 Å². The molecule has 2 N–H and O–H groups in total. The second-order valence-corrected chi connectivity index (χ2v) is 6.90. The van der Waals surface area contributed by atoms with Gasteiger partial charge in [0.15, 0.2) is 9.84 Å². The van der Waals surface area contributed by atoms with Crippen LogP contribution in [0.15, 0.2) is 35.2 Å². The van der Waals surface area contributed by atoms with Crippen molar-refractivity contribution in [2.45, 2.75) is 4.90 Å². The molecule has 0 atom stereocenters. The van der Waals surface area contributed by atoms with E-state index in [1.54, 1.807) is 18.2 Å². The van der Waals surface area contributed by atoms with Gasteiger partial charge in [-0.15, -0.1) is 11.3 Å². The van der Waals surface area contributed by atoms with Crippen molar-refractivity contribution < 1.29 is 8.42 Å². The predicted octanol–water partition coefficient (Wildman–Crippen LogP) is 2.27. The zero-order valence-electron chi connectivity index (χ0n) is 9.54. The molecule has 6 heteroatoms. The van der Waals surface area contributed by atoms with E-state index < -0.39 is 9.84 Å². The van der Waals surface area contributed by atoms with E-state index >= 15 is 0 Å². The number of nitrogens with two attached hydrogens (primary N) is 1. The number of hydrogen-bond acceptors (Lipinski definition) is 5. The van der Waals surface area contributed by atoms with Gasteiger partial charge in [0.05, 0.1) is 4.90 Å². The van der Waals surface area contributed by atoms with Crippen LogP contribution in [0, 0.1) is 11.3 Å². The van der Waals surface area contributed by atoms with Crippen molar-refractivity contribution in [2.75, 3.05) is 12.0 Å². The topological polar surface area (TPSA) is 84.0 Å². The Morgan fingerprint density at radius 3 is 2.50 bits per heavy atom. The first-order chi connectivity index (χ1) is 8.41. The van der Waals surface area contributed by atoms with Crippen LogP contribution in [0.4, 0.5) is 5.69 Å². The number of anilines is 1. The summed E-state index contributed by atoms with van der Waals surface area (Å²) in [6.07, 6.45) is 1.14. The van der Waals surface area contributed by atoms with Gasteiger partial charge in [-0.1, -0.05) is 6.07 Å². The average Bonchev–Trinajstić information content (AvgIpc) is 2.76. The summed E-state index contributed by atoms with van der Waals surface area (Å²) in [6, 6.07) is 10.2. The monoisotopic (exact) mass is 278 g/mol. The zero-order chi connectivity index (χ0) is 13.3. The van der Waals surface area contributed by atoms with Crippen LogP contribution in [0.3, 0.4) is 0 Å². The van der Waals surface area contributed by atoms with Crippen molar-refractivity contribution >= 4 is 26.9 Å². The zero-order valence-corrected chi connectivity index (χ0v) is 11.2. The van der Waals surface area contributed by atoms with E-state index in [2.05, 4.69) is 6.07 Å². The maximum atomic E-state index is 11.4. The van der Waals surface area contributed by atoms with Gasteiger partial charge in [-0.2, -0.15) is 5.26 Å². The molecule has 1 aromatic carbocycles. The molecule has 0 amide bonds. The third-order valence-corrected chi connectivity index (χ3v) is 4.57. The quantitative estimate of drug-likeness (QED) is 0.854. The fraction of sp³-hybridized carbons (Fsp3) is 0.0833. The number of rotatable bonds is 2. The maximum absolute atomic E-state index is 11.4. The van der Waals surface area contributed by atoms with E-state index in [1.165, 1.54) is 23.5 Å². The second kappa shape index (κ2) is 4.44. The normalized spacial score (nSPS) is 11.1. The molecule has 1 heterocycles. The molecule has 0 fully saturated rings. The van der Waals surface area contributed by atoms with Crippen molar-refractivity contribution in [1.29, 1.82) is 5.26 Å². The lowest BCUT2D eigenvalue weighted by Crippen LogP contribution is -1.99. The first-order valence-electron chi connectivity index (χ1n) is 5.01. The minimum absolute atomic E-state index is 0.195. The molecule has 0 aliphatic rings. The van der Waals surface area contributed by atoms with Crippen LogP contribution in [0.1, 0.15) is 4.88 Å². The van der Waals surface area contributed by atoms with Crippen LogP contribution in [-0.2, 0) is 9.84 Å². The fourth-order valence-electron chi connectivity index (χ4n) is 1.54. The number of benzene rings is 1. The van der Waals surface area contributed by atoms with Crippen LogP contribution in [0.2, 0.25) is 0 Å². The molecule has 18 heavy (non-hydrogen) atoms. The molecular weight excluding hydrogens is 268 g/mol. The van der Waals surface area contributed by atoms with Crippen molar-refractivity contribution in [3.05, 3.63) is 35.2 Å². The maximum Gasteiger partial charge on any atom is 0.175 e. The first-order valence-corrected chi connectivity index (χ1v) is 7.72. The van der Waals surface area contributed by atoms with Crippen LogP contribution in [0.5, 0.6) is 0 Å². The Kier molecular flexibility index (Phi) is 3.11. The molecule has 0 aliphatic heterocycles. The Hall–Kier alpha value is -1.84. The van der Waals surface area contributed by atoms with Crippen molar-refractivity contribution in [3.63, 3.8) is 0 Å². The highest BCUT2D eigenvalue weighted by molar-refractivity contribution is 7.90. The van der Waals surface area contributed by atoms with Crippen LogP contribution < -0.4 is 5.73 Å². The van der Waals surface area contributed by atoms with Crippen molar-refractivity contribution in [3.8, 4) is 16.5 Å². The Balaban J connectivity index is 2.52. The first kappa shape index (κ1) is 12.6. The van der Waals surface area contributed by atoms with Crippen LogP contribution in [0.25, 0.3) is 10.4 Å². The minimum Gasteiger partial charge on any atom is -0.398 e. The average molecular weight is 278 g/mol. The Morgan fingerprint density at radius 1 is 1.28 bits per heavy atom. The Bertz CT molecular complexity index is 740. The molecule has 92 valence electrons. The molecule has 0 bridgehead atoms. The largest absolute Gasteiger partial charge is 0.398 e. The van der Waals surface area contributed by atoms with Crippen LogP contribution >= 0.6 is 11.3 Å². The molecule has 0 radical (unpaired) electrons. The SMILES string of the molecule is CS(=O)(=O)c1ccc(-c2ccc(C#N)s2)c(N)c1. The highest BCUT2D eigenvalue weighted by Crippen LogP contribution is 2.33. The van der Waals surface area contributed by atoms with Gasteiger partial charge in [-0.05, 0) is 24.3 Å². The van der Waals surface area contributed by atoms with E-state index in [0.29, 0.717) is 10.6 Å². The minimum atomic E-state index is -3.25. The summed E-state index contributed by atoms with van der Waals surface area (Å²) in [5.74, 6) is 0. The third kappa shape index (κ3) is 2.37. The number of nitrogen functional groups attached to an aromatic ring is 1. The standard InChI is InChI=1S/C12H10N2O2S2/c1-18(15,16)9-3-4-10(11(14)6-9)12-5-2-8(7-13)17-12/h2-6H,14H2,1H3. The molecule has 0 aliphatic carbocycles. The fourth-order valence-corrected chi connectivity index (χ4v) is 3.05. The lowest BCUT2D eigenvalue weighted by Gasteiger charge is -2.05. The Morgan fingerprint density at radius 2 is 2.00 bits per heavy atom. The molecular formula is C12H10N2O2S2. The van der Waals surface area contributed by atoms with Gasteiger partial charge in [-0.25, -0.2) is 8.42 Å². The van der Waals surface area contributed by atoms with E-state index in [0.717, 1.165) is 16.7 Å². The number of nitrogens with zero attached hydrogens (tertiary/aromatic N) is 1. The van der Waals surface area contributed by atoms with E-state index in [1.807, 2.05) is 0 Å². The third-order valence-electron chi connectivity index (χ3n) is 2.43. The Labute approximate surface area is 109 Å². The molecule has 0 spiro atoms. The number of nitriles is 1. The van der Waals surface area contributed by atoms with Gasteiger partial charge < -0.3 is 5.73 Å². The molecule has 0 saturated heterocycles. The van der Waals surface area contributed by atoms with Gasteiger partial charge >= 0.3 is 0 Å². The second-order valence-electron chi connectivity index (χ2n) is 3.80. The van der Waals surface area contributed by atoms with E-state index in [9.17, 15) is 8.42 Å². The number of thiophene rings is 1. The molecule has 1 aromatic heterocycles. The van der Waals surface area contributed by atoms with Gasteiger partial charge in [0, 0.05) is 22.4 Å². The van der Waals surface area contributed by atoms with E-state index in [4.69, 9.17) is 11.0 Å². The van der Waals surface area contributed by atoms with E-state index in [-0.39, 0.29) is 4.90 Å². The molecule has 4 nitrogen and oxygen atoms in total. The summed E-state index contributed by atoms with van der Waals surface area (Å²) >= 11 is 1.32. The predicted molar refractivity (Wildman–Crippen MR) is 72.0 cm³/mol. The van der Waals surface area contributed by atoms with Crippen LogP contribution in [-0.4, -0.2) is 14.7 Å². The molecule has 0 unspecified atom stereocenters. The lowest BCUT2D eigenvalue weighted by molar-refractivity contribution is 0.602.